The highest BCUT2D eigenvalue weighted by molar-refractivity contribution is 5.89. The lowest BCUT2D eigenvalue weighted by Crippen LogP contribution is -2.24. The maximum absolute atomic E-state index is 11.7. The van der Waals surface area contributed by atoms with Crippen molar-refractivity contribution in [1.82, 2.24) is 0 Å². The second-order valence-corrected chi connectivity index (χ2v) is 5.11. The Morgan fingerprint density at radius 3 is 2.71 bits per heavy atom. The molecule has 3 unspecified atom stereocenters. The van der Waals surface area contributed by atoms with Crippen LogP contribution in [0.4, 0.5) is 0 Å². The van der Waals surface area contributed by atoms with Crippen LogP contribution in [0.25, 0.3) is 0 Å². The lowest BCUT2D eigenvalue weighted by atomic mass is 10.0. The molecule has 0 aromatic heterocycles. The molecule has 0 amide bonds. The first-order valence-electron chi connectivity index (χ1n) is 6.16. The molecule has 4 atom stereocenters. The number of carbonyl (C=O) groups excluding carboxylic acids is 1. The lowest BCUT2D eigenvalue weighted by molar-refractivity contribution is 0.0245. The number of rotatable bonds is 3. The van der Waals surface area contributed by atoms with E-state index in [1.807, 2.05) is 18.2 Å². The van der Waals surface area contributed by atoms with Crippen molar-refractivity contribution in [2.24, 2.45) is 17.8 Å². The molecule has 1 aromatic carbocycles. The Morgan fingerprint density at radius 2 is 2.06 bits per heavy atom. The Bertz CT molecular complexity index is 415. The first kappa shape index (κ1) is 10.8. The van der Waals surface area contributed by atoms with Crippen LogP contribution in [0, 0.1) is 17.8 Å². The number of hydrogen-bond acceptors (Lipinski definition) is 3. The third-order valence-corrected chi connectivity index (χ3v) is 3.94. The lowest BCUT2D eigenvalue weighted by Gasteiger charge is -2.17. The number of carbonyl (C=O) groups is 1. The van der Waals surface area contributed by atoms with E-state index in [2.05, 4.69) is 0 Å². The average Bonchev–Trinajstić information content (AvgIpc) is 3.07. The van der Waals surface area contributed by atoms with Crippen LogP contribution in [0.5, 0.6) is 0 Å². The summed E-state index contributed by atoms with van der Waals surface area (Å²) in [6, 6.07) is 8.98. The maximum Gasteiger partial charge on any atom is 0.338 e. The molecule has 2 fully saturated rings. The Balaban J connectivity index is 1.53. The fourth-order valence-electron chi connectivity index (χ4n) is 2.85. The fourth-order valence-corrected chi connectivity index (χ4v) is 2.85. The molecule has 2 saturated carbocycles. The number of aliphatic hydroxyl groups is 1. The largest absolute Gasteiger partial charge is 0.462 e. The van der Waals surface area contributed by atoms with Gasteiger partial charge in [-0.25, -0.2) is 4.79 Å². The molecule has 0 radical (unpaired) electrons. The van der Waals surface area contributed by atoms with Crippen LogP contribution in [0.1, 0.15) is 23.2 Å². The van der Waals surface area contributed by atoms with Crippen molar-refractivity contribution in [2.45, 2.75) is 18.9 Å². The van der Waals surface area contributed by atoms with Gasteiger partial charge in [-0.15, -0.1) is 0 Å². The Hall–Kier alpha value is -1.35. The highest BCUT2D eigenvalue weighted by Crippen LogP contribution is 2.54. The van der Waals surface area contributed by atoms with Crippen molar-refractivity contribution in [3.8, 4) is 0 Å². The fraction of sp³-hybridized carbons (Fsp3) is 0.500. The van der Waals surface area contributed by atoms with Gasteiger partial charge >= 0.3 is 5.97 Å². The van der Waals surface area contributed by atoms with E-state index in [0.29, 0.717) is 24.0 Å². The van der Waals surface area contributed by atoms with Crippen molar-refractivity contribution in [1.29, 1.82) is 0 Å². The minimum absolute atomic E-state index is 0.145. The molecule has 0 spiro atoms. The Morgan fingerprint density at radius 1 is 1.29 bits per heavy atom. The van der Waals surface area contributed by atoms with Gasteiger partial charge in [0, 0.05) is 5.92 Å². The summed E-state index contributed by atoms with van der Waals surface area (Å²) in [5, 5.41) is 9.89. The molecular formula is C14H16O3. The quantitative estimate of drug-likeness (QED) is 0.809. The summed E-state index contributed by atoms with van der Waals surface area (Å²) in [7, 11) is 0. The van der Waals surface area contributed by atoms with Gasteiger partial charge in [0.2, 0.25) is 0 Å². The second-order valence-electron chi connectivity index (χ2n) is 5.11. The van der Waals surface area contributed by atoms with Gasteiger partial charge < -0.3 is 9.84 Å². The van der Waals surface area contributed by atoms with E-state index in [9.17, 15) is 9.90 Å². The van der Waals surface area contributed by atoms with Gasteiger partial charge in [0.05, 0.1) is 18.3 Å². The van der Waals surface area contributed by atoms with Crippen molar-refractivity contribution < 1.29 is 14.6 Å². The summed E-state index contributed by atoms with van der Waals surface area (Å²) in [5.74, 6) is 1.02. The predicted octanol–water partition coefficient (Wildman–Crippen LogP) is 1.86. The van der Waals surface area contributed by atoms with Gasteiger partial charge in [0.15, 0.2) is 0 Å². The number of benzene rings is 1. The van der Waals surface area contributed by atoms with Gasteiger partial charge in [-0.05, 0) is 36.8 Å². The zero-order chi connectivity index (χ0) is 11.8. The van der Waals surface area contributed by atoms with Gasteiger partial charge in [0.25, 0.3) is 0 Å². The topological polar surface area (TPSA) is 46.5 Å². The van der Waals surface area contributed by atoms with Crippen LogP contribution >= 0.6 is 0 Å². The van der Waals surface area contributed by atoms with Crippen LogP contribution in [0.3, 0.4) is 0 Å². The molecule has 90 valence electrons. The van der Waals surface area contributed by atoms with Crippen LogP contribution in [-0.2, 0) is 4.74 Å². The van der Waals surface area contributed by atoms with E-state index in [0.717, 1.165) is 12.8 Å². The Labute approximate surface area is 100 Å². The van der Waals surface area contributed by atoms with E-state index >= 15 is 0 Å². The molecule has 0 aliphatic heterocycles. The highest BCUT2D eigenvalue weighted by Gasteiger charge is 2.52. The summed E-state index contributed by atoms with van der Waals surface area (Å²) in [6.45, 7) is 0.349. The van der Waals surface area contributed by atoms with E-state index in [4.69, 9.17) is 4.74 Å². The predicted molar refractivity (Wildman–Crippen MR) is 62.4 cm³/mol. The minimum Gasteiger partial charge on any atom is -0.462 e. The maximum atomic E-state index is 11.7. The standard InChI is InChI=1S/C14H16O3/c15-13-11(6-10-7-12(10)13)8-17-14(16)9-4-2-1-3-5-9/h1-5,10-13,15H,6-8H2/t10?,11-,12?,13?/m0/s1. The third-order valence-electron chi connectivity index (χ3n) is 3.94. The third kappa shape index (κ3) is 2.07. The molecule has 2 aliphatic rings. The molecule has 3 nitrogen and oxygen atoms in total. The van der Waals surface area contributed by atoms with Gasteiger partial charge in [-0.1, -0.05) is 18.2 Å². The van der Waals surface area contributed by atoms with Crippen LogP contribution in [0.15, 0.2) is 30.3 Å². The molecule has 1 aromatic rings. The van der Waals surface area contributed by atoms with E-state index in [1.165, 1.54) is 0 Å². The number of esters is 1. The first-order valence-corrected chi connectivity index (χ1v) is 6.16. The summed E-state index contributed by atoms with van der Waals surface area (Å²) >= 11 is 0. The first-order chi connectivity index (χ1) is 8.25. The van der Waals surface area contributed by atoms with Crippen LogP contribution in [-0.4, -0.2) is 23.8 Å². The van der Waals surface area contributed by atoms with Crippen LogP contribution in [0.2, 0.25) is 0 Å². The minimum atomic E-state index is -0.293. The molecule has 2 aliphatic carbocycles. The molecule has 0 saturated heterocycles. The summed E-state index contributed by atoms with van der Waals surface area (Å²) in [6.07, 6.45) is 1.90. The van der Waals surface area contributed by atoms with E-state index in [1.54, 1.807) is 12.1 Å². The van der Waals surface area contributed by atoms with Crippen molar-refractivity contribution in [2.75, 3.05) is 6.61 Å². The molecular weight excluding hydrogens is 216 g/mol. The van der Waals surface area contributed by atoms with Crippen molar-refractivity contribution in [3.63, 3.8) is 0 Å². The smallest absolute Gasteiger partial charge is 0.338 e. The molecule has 3 heteroatoms. The van der Waals surface area contributed by atoms with E-state index in [-0.39, 0.29) is 18.0 Å². The van der Waals surface area contributed by atoms with Gasteiger partial charge in [-0.2, -0.15) is 0 Å². The Kier molecular flexibility index (Phi) is 2.63. The zero-order valence-corrected chi connectivity index (χ0v) is 9.58. The van der Waals surface area contributed by atoms with Crippen molar-refractivity contribution in [3.05, 3.63) is 35.9 Å². The monoisotopic (exact) mass is 232 g/mol. The van der Waals surface area contributed by atoms with Crippen molar-refractivity contribution >= 4 is 5.97 Å². The number of ether oxygens (including phenoxy) is 1. The second kappa shape index (κ2) is 4.15. The molecule has 0 bridgehead atoms. The highest BCUT2D eigenvalue weighted by atomic mass is 16.5. The zero-order valence-electron chi connectivity index (χ0n) is 9.58. The van der Waals surface area contributed by atoms with Gasteiger partial charge in [-0.3, -0.25) is 0 Å². The summed E-state index contributed by atoms with van der Waals surface area (Å²) in [5.41, 5.74) is 0.574. The molecule has 1 N–H and O–H groups in total. The number of fused-ring (bicyclic) bond motifs is 1. The molecule has 17 heavy (non-hydrogen) atoms. The normalized spacial score (nSPS) is 34.2. The SMILES string of the molecule is O=C(OC[C@@H]1CC2CC2C1O)c1ccccc1. The van der Waals surface area contributed by atoms with E-state index < -0.39 is 0 Å². The average molecular weight is 232 g/mol. The van der Waals surface area contributed by atoms with Crippen LogP contribution < -0.4 is 0 Å². The summed E-state index contributed by atoms with van der Waals surface area (Å²) in [4.78, 5) is 11.7. The number of aliphatic hydroxyl groups excluding tert-OH is 1. The van der Waals surface area contributed by atoms with Gasteiger partial charge in [0.1, 0.15) is 0 Å². The molecule has 3 rings (SSSR count). The summed E-state index contributed by atoms with van der Waals surface area (Å²) < 4.78 is 5.25. The number of hydrogen-bond donors (Lipinski definition) is 1. The molecule has 0 heterocycles.